The maximum Gasteiger partial charge on any atom is 0.241 e. The molecule has 4 rings (SSSR count). The van der Waals surface area contributed by atoms with Gasteiger partial charge in [-0.1, -0.05) is 30.3 Å². The van der Waals surface area contributed by atoms with E-state index in [1.807, 2.05) is 0 Å². The number of hydrogen-bond donors (Lipinski definition) is 1. The zero-order valence-electron chi connectivity index (χ0n) is 15.1. The van der Waals surface area contributed by atoms with Crippen molar-refractivity contribution in [2.75, 3.05) is 0 Å². The number of aromatic nitrogens is 1. The summed E-state index contributed by atoms with van der Waals surface area (Å²) in [6.45, 7) is 0.647. The summed E-state index contributed by atoms with van der Waals surface area (Å²) >= 11 is 0. The van der Waals surface area contributed by atoms with Crippen LogP contribution < -0.4 is 5.43 Å². The minimum atomic E-state index is -0.293. The van der Waals surface area contributed by atoms with Crippen LogP contribution in [0, 0.1) is 5.82 Å². The second kappa shape index (κ2) is 7.74. The Morgan fingerprint density at radius 1 is 1.11 bits per heavy atom. The fraction of sp³-hybridized carbons (Fsp3) is 0.273. The van der Waals surface area contributed by atoms with E-state index in [0.29, 0.717) is 13.0 Å². The lowest BCUT2D eigenvalue weighted by atomic mass is 9.95. The van der Waals surface area contributed by atoms with Crippen LogP contribution in [0.15, 0.2) is 53.6 Å². The molecule has 1 heterocycles. The molecule has 0 spiro atoms. The van der Waals surface area contributed by atoms with E-state index in [4.69, 9.17) is 0 Å². The molecule has 4 nitrogen and oxygen atoms in total. The molecule has 138 valence electrons. The van der Waals surface area contributed by atoms with E-state index in [-0.39, 0.29) is 11.7 Å². The van der Waals surface area contributed by atoms with Gasteiger partial charge in [-0.3, -0.25) is 4.79 Å². The Morgan fingerprint density at radius 3 is 2.74 bits per heavy atom. The van der Waals surface area contributed by atoms with Crippen LogP contribution in [0.5, 0.6) is 0 Å². The number of nitrogens with one attached hydrogen (secondary N) is 1. The quantitative estimate of drug-likeness (QED) is 0.536. The Kier molecular flexibility index (Phi) is 5.01. The Morgan fingerprint density at radius 2 is 1.89 bits per heavy atom. The minimum absolute atomic E-state index is 0.129. The van der Waals surface area contributed by atoms with Gasteiger partial charge in [-0.25, -0.2) is 9.82 Å². The van der Waals surface area contributed by atoms with Gasteiger partial charge >= 0.3 is 0 Å². The van der Waals surface area contributed by atoms with Crippen molar-refractivity contribution in [2.45, 2.75) is 38.6 Å². The average molecular weight is 363 g/mol. The van der Waals surface area contributed by atoms with Crippen molar-refractivity contribution < 1.29 is 9.18 Å². The van der Waals surface area contributed by atoms with Crippen LogP contribution in [0.4, 0.5) is 4.39 Å². The van der Waals surface area contributed by atoms with Crippen LogP contribution in [0.25, 0.3) is 10.9 Å². The van der Waals surface area contributed by atoms with Gasteiger partial charge in [0.15, 0.2) is 0 Å². The molecule has 0 unspecified atom stereocenters. The number of carbonyl (C=O) groups is 1. The highest BCUT2D eigenvalue weighted by atomic mass is 19.1. The van der Waals surface area contributed by atoms with E-state index in [2.05, 4.69) is 39.4 Å². The van der Waals surface area contributed by atoms with Gasteiger partial charge in [0.1, 0.15) is 5.82 Å². The molecule has 1 aliphatic carbocycles. The number of hydrazone groups is 1. The average Bonchev–Trinajstić information content (AvgIpc) is 3.02. The highest BCUT2D eigenvalue weighted by Gasteiger charge is 2.19. The summed E-state index contributed by atoms with van der Waals surface area (Å²) in [5.41, 5.74) is 7.34. The van der Waals surface area contributed by atoms with E-state index < -0.39 is 0 Å². The third-order valence-corrected chi connectivity index (χ3v) is 5.12. The molecule has 27 heavy (non-hydrogen) atoms. The Balaban J connectivity index is 1.43. The highest BCUT2D eigenvalue weighted by Crippen LogP contribution is 2.32. The monoisotopic (exact) mass is 363 g/mol. The van der Waals surface area contributed by atoms with E-state index >= 15 is 0 Å². The van der Waals surface area contributed by atoms with Gasteiger partial charge in [-0.2, -0.15) is 5.10 Å². The number of halogens is 1. The summed E-state index contributed by atoms with van der Waals surface area (Å²) in [7, 11) is 0. The van der Waals surface area contributed by atoms with Gasteiger partial charge in [-0.05, 0) is 55.0 Å². The number of carbonyl (C=O) groups excluding carboxylic acids is 1. The maximum atomic E-state index is 12.9. The number of para-hydroxylation sites is 1. The van der Waals surface area contributed by atoms with E-state index in [0.717, 1.165) is 18.4 Å². The van der Waals surface area contributed by atoms with Crippen LogP contribution >= 0.6 is 0 Å². The molecule has 0 fully saturated rings. The number of aryl methyl sites for hydroxylation is 2. The summed E-state index contributed by atoms with van der Waals surface area (Å²) < 4.78 is 15.2. The first-order valence-corrected chi connectivity index (χ1v) is 9.39. The van der Waals surface area contributed by atoms with Crippen molar-refractivity contribution in [3.8, 4) is 0 Å². The van der Waals surface area contributed by atoms with Crippen LogP contribution in [0.2, 0.25) is 0 Å². The van der Waals surface area contributed by atoms with Crippen LogP contribution in [0.1, 0.15) is 36.1 Å². The summed E-state index contributed by atoms with van der Waals surface area (Å²) in [5.74, 6) is -0.422. The normalized spacial score (nSPS) is 13.8. The summed E-state index contributed by atoms with van der Waals surface area (Å²) in [6.07, 6.45) is 6.53. The van der Waals surface area contributed by atoms with E-state index in [1.54, 1.807) is 12.1 Å². The molecule has 5 heteroatoms. The van der Waals surface area contributed by atoms with Gasteiger partial charge in [0, 0.05) is 29.6 Å². The Hall–Kier alpha value is -2.95. The zero-order valence-corrected chi connectivity index (χ0v) is 15.1. The highest BCUT2D eigenvalue weighted by molar-refractivity contribution is 5.86. The second-order valence-electron chi connectivity index (χ2n) is 6.90. The molecule has 0 radical (unpaired) electrons. The van der Waals surface area contributed by atoms with Crippen LogP contribution in [-0.2, 0) is 24.2 Å². The van der Waals surface area contributed by atoms with Crippen molar-refractivity contribution in [1.82, 2.24) is 9.99 Å². The molecule has 0 saturated heterocycles. The number of hydrogen-bond acceptors (Lipinski definition) is 2. The number of fused-ring (bicyclic) bond motifs is 3. The predicted molar refractivity (Wildman–Crippen MR) is 105 cm³/mol. The molecule has 1 aromatic heterocycles. The van der Waals surface area contributed by atoms with Gasteiger partial charge in [-0.15, -0.1) is 0 Å². The molecule has 0 aliphatic heterocycles. The fourth-order valence-electron chi connectivity index (χ4n) is 3.84. The third-order valence-electron chi connectivity index (χ3n) is 5.12. The number of nitrogens with zero attached hydrogens (tertiary/aromatic N) is 2. The largest absolute Gasteiger partial charge is 0.344 e. The zero-order chi connectivity index (χ0) is 18.6. The number of benzene rings is 2. The summed E-state index contributed by atoms with van der Waals surface area (Å²) in [4.78, 5) is 12.2. The molecular weight excluding hydrogens is 341 g/mol. The van der Waals surface area contributed by atoms with Gasteiger partial charge in [0.2, 0.25) is 5.91 Å². The molecule has 2 aromatic carbocycles. The molecular formula is C22H22FN3O. The van der Waals surface area contributed by atoms with Crippen LogP contribution in [-0.4, -0.2) is 16.7 Å². The molecule has 3 aromatic rings. The lowest BCUT2D eigenvalue weighted by Crippen LogP contribution is -2.20. The van der Waals surface area contributed by atoms with E-state index in [1.165, 1.54) is 53.3 Å². The number of amides is 1. The summed E-state index contributed by atoms with van der Waals surface area (Å²) in [6, 6.07) is 14.4. The Labute approximate surface area is 157 Å². The topological polar surface area (TPSA) is 46.4 Å². The fourth-order valence-corrected chi connectivity index (χ4v) is 3.84. The molecule has 0 saturated carbocycles. The molecule has 1 amide bonds. The smallest absolute Gasteiger partial charge is 0.241 e. The Bertz CT molecular complexity index is 989. The standard InChI is InChI=1S/C22H22FN3O/c23-17-11-9-16(10-12-17)15-24-25-22(27)13-14-26-20-7-3-1-5-18(20)19-6-2-4-8-21(19)26/h1,3,5,7,9-12,15H,2,4,6,8,13-14H2,(H,25,27)/b24-15-. The molecule has 0 atom stereocenters. The van der Waals surface area contributed by atoms with Crippen molar-refractivity contribution >= 4 is 23.0 Å². The third kappa shape index (κ3) is 3.77. The molecule has 1 aliphatic rings. The van der Waals surface area contributed by atoms with Crippen molar-refractivity contribution in [1.29, 1.82) is 0 Å². The lowest BCUT2D eigenvalue weighted by molar-refractivity contribution is -0.121. The van der Waals surface area contributed by atoms with Crippen molar-refractivity contribution in [3.05, 3.63) is 71.2 Å². The molecule has 1 N–H and O–H groups in total. The first-order chi connectivity index (χ1) is 13.2. The van der Waals surface area contributed by atoms with Crippen molar-refractivity contribution in [2.24, 2.45) is 5.10 Å². The summed E-state index contributed by atoms with van der Waals surface area (Å²) in [5, 5.41) is 5.29. The second-order valence-corrected chi connectivity index (χ2v) is 6.90. The first kappa shape index (κ1) is 17.5. The lowest BCUT2D eigenvalue weighted by Gasteiger charge is -2.15. The minimum Gasteiger partial charge on any atom is -0.344 e. The number of rotatable bonds is 5. The van der Waals surface area contributed by atoms with E-state index in [9.17, 15) is 9.18 Å². The maximum absolute atomic E-state index is 12.9. The van der Waals surface area contributed by atoms with Crippen LogP contribution in [0.3, 0.4) is 0 Å². The SMILES string of the molecule is O=C(CCn1c2c(c3ccccc31)CCCC2)N/N=C\c1ccc(F)cc1. The predicted octanol–water partition coefficient (Wildman–Crippen LogP) is 4.20. The van der Waals surface area contributed by atoms with Gasteiger partial charge in [0.25, 0.3) is 0 Å². The van der Waals surface area contributed by atoms with Gasteiger partial charge < -0.3 is 4.57 Å². The van der Waals surface area contributed by atoms with Gasteiger partial charge in [0.05, 0.1) is 6.21 Å². The first-order valence-electron chi connectivity index (χ1n) is 9.39. The molecule has 0 bridgehead atoms. The van der Waals surface area contributed by atoms with Crippen molar-refractivity contribution in [3.63, 3.8) is 0 Å².